The summed E-state index contributed by atoms with van der Waals surface area (Å²) in [6.45, 7) is 7.53. The molecule has 7 rings (SSSR count). The summed E-state index contributed by atoms with van der Waals surface area (Å²) in [5.41, 5.74) is 4.65. The number of rotatable bonds is 4. The Balaban J connectivity index is 1.45. The largest absolute Gasteiger partial charge is 0.508 e. The molecule has 230 valence electrons. The first-order valence-corrected chi connectivity index (χ1v) is 15.6. The lowest BCUT2D eigenvalue weighted by molar-refractivity contribution is -0.146. The van der Waals surface area contributed by atoms with Crippen LogP contribution in [0.25, 0.3) is 0 Å². The molecule has 2 heterocycles. The predicted molar refractivity (Wildman–Crippen MR) is 169 cm³/mol. The lowest BCUT2D eigenvalue weighted by Gasteiger charge is -2.50. The number of anilines is 1. The number of aromatic hydroxyl groups is 1. The number of nitrogens with zero attached hydrogens (tertiary/aromatic N) is 2. The van der Waals surface area contributed by atoms with Crippen molar-refractivity contribution in [3.05, 3.63) is 107 Å². The second-order valence-electron chi connectivity index (χ2n) is 13.8. The highest BCUT2D eigenvalue weighted by Crippen LogP contribution is 2.65. The maximum Gasteiger partial charge on any atom is 0.260 e. The number of likely N-dealkylation sites (tertiary alicyclic amines) is 1. The quantitative estimate of drug-likeness (QED) is 0.302. The molecule has 2 aliphatic heterocycles. The molecule has 8 nitrogen and oxygen atoms in total. The summed E-state index contributed by atoms with van der Waals surface area (Å²) in [6, 6.07) is 23.7. The van der Waals surface area contributed by atoms with Crippen molar-refractivity contribution in [2.45, 2.75) is 57.4 Å². The van der Waals surface area contributed by atoms with Gasteiger partial charge in [0.05, 0.1) is 28.9 Å². The van der Waals surface area contributed by atoms with Gasteiger partial charge in [-0.05, 0) is 70.2 Å². The molecule has 3 aromatic rings. The van der Waals surface area contributed by atoms with Crippen LogP contribution in [0.5, 0.6) is 5.75 Å². The van der Waals surface area contributed by atoms with Gasteiger partial charge in [0.1, 0.15) is 5.75 Å². The molecule has 0 aromatic heterocycles. The molecule has 4 amide bonds. The van der Waals surface area contributed by atoms with Crippen molar-refractivity contribution < 1.29 is 24.3 Å². The highest BCUT2D eigenvalue weighted by molar-refractivity contribution is 6.13. The summed E-state index contributed by atoms with van der Waals surface area (Å²) in [6.07, 6.45) is 2.58. The summed E-state index contributed by atoms with van der Waals surface area (Å²) in [7, 11) is 0. The fraction of sp³-hybridized carbons (Fsp3) is 0.351. The predicted octanol–water partition coefficient (Wildman–Crippen LogP) is 5.48. The molecule has 2 aliphatic carbocycles. The Morgan fingerprint density at radius 3 is 2.16 bits per heavy atom. The molecule has 1 saturated carbocycles. The number of hydrazine groups is 1. The third kappa shape index (κ3) is 4.11. The first-order chi connectivity index (χ1) is 21.5. The molecule has 3 aromatic carbocycles. The molecule has 0 spiro atoms. The van der Waals surface area contributed by atoms with E-state index >= 15 is 4.79 Å². The molecule has 3 fully saturated rings. The molecular weight excluding hydrogens is 566 g/mol. The lowest BCUT2D eigenvalue weighted by atomic mass is 9.49. The van der Waals surface area contributed by atoms with Gasteiger partial charge in [-0.25, -0.2) is 0 Å². The van der Waals surface area contributed by atoms with E-state index in [9.17, 15) is 19.5 Å². The monoisotopic (exact) mass is 603 g/mol. The molecule has 8 heteroatoms. The number of hydrogen-bond donors (Lipinski definition) is 2. The molecule has 0 radical (unpaired) electrons. The summed E-state index contributed by atoms with van der Waals surface area (Å²) in [4.78, 5) is 58.8. The van der Waals surface area contributed by atoms with Gasteiger partial charge in [0.25, 0.3) is 11.8 Å². The maximum absolute atomic E-state index is 15.0. The topological polar surface area (TPSA) is 107 Å². The van der Waals surface area contributed by atoms with E-state index in [0.29, 0.717) is 23.2 Å². The first kappa shape index (κ1) is 29.0. The number of benzene rings is 3. The number of carbonyl (C=O) groups excluding carboxylic acids is 4. The van der Waals surface area contributed by atoms with Crippen molar-refractivity contribution in [2.75, 3.05) is 5.43 Å². The normalized spacial score (nSPS) is 29.3. The van der Waals surface area contributed by atoms with Gasteiger partial charge in [-0.1, -0.05) is 77.9 Å². The average molecular weight is 604 g/mol. The van der Waals surface area contributed by atoms with Crippen molar-refractivity contribution in [3.63, 3.8) is 0 Å². The number of aryl methyl sites for hydroxylation is 1. The zero-order chi connectivity index (χ0) is 31.8. The van der Waals surface area contributed by atoms with E-state index in [0.717, 1.165) is 16.1 Å². The average Bonchev–Trinajstić information content (AvgIpc) is 3.40. The lowest BCUT2D eigenvalue weighted by Crippen LogP contribution is -2.53. The summed E-state index contributed by atoms with van der Waals surface area (Å²) in [5, 5.41) is 12.5. The minimum atomic E-state index is -1.40. The van der Waals surface area contributed by atoms with Gasteiger partial charge >= 0.3 is 0 Å². The van der Waals surface area contributed by atoms with Gasteiger partial charge < -0.3 is 5.11 Å². The van der Waals surface area contributed by atoms with Crippen LogP contribution in [0.2, 0.25) is 0 Å². The highest BCUT2D eigenvalue weighted by atomic mass is 16.3. The molecule has 4 aliphatic rings. The minimum Gasteiger partial charge on any atom is -0.508 e. The van der Waals surface area contributed by atoms with Crippen LogP contribution in [0.4, 0.5) is 5.69 Å². The zero-order valence-electron chi connectivity index (χ0n) is 25.9. The summed E-state index contributed by atoms with van der Waals surface area (Å²) >= 11 is 0. The molecule has 2 saturated heterocycles. The van der Waals surface area contributed by atoms with Crippen LogP contribution >= 0.6 is 0 Å². The molecule has 0 bridgehead atoms. The van der Waals surface area contributed by atoms with Gasteiger partial charge in [-0.15, -0.1) is 0 Å². The van der Waals surface area contributed by atoms with Gasteiger partial charge in [0.15, 0.2) is 0 Å². The Morgan fingerprint density at radius 1 is 0.822 bits per heavy atom. The van der Waals surface area contributed by atoms with E-state index in [1.165, 1.54) is 4.90 Å². The van der Waals surface area contributed by atoms with E-state index in [2.05, 4.69) is 5.43 Å². The number of carbonyl (C=O) groups is 4. The van der Waals surface area contributed by atoms with Gasteiger partial charge in [0.2, 0.25) is 11.8 Å². The fourth-order valence-electron chi connectivity index (χ4n) is 8.48. The number of para-hydroxylation sites is 1. The third-order valence-electron chi connectivity index (χ3n) is 10.3. The van der Waals surface area contributed by atoms with Crippen LogP contribution in [0.1, 0.15) is 56.2 Å². The van der Waals surface area contributed by atoms with E-state index in [4.69, 9.17) is 0 Å². The molecule has 45 heavy (non-hydrogen) atoms. The van der Waals surface area contributed by atoms with Crippen LogP contribution in [0, 0.1) is 30.6 Å². The maximum atomic E-state index is 15.0. The number of nitrogens with one attached hydrogen (secondary N) is 1. The van der Waals surface area contributed by atoms with Gasteiger partial charge in [-0.2, -0.15) is 5.01 Å². The highest BCUT2D eigenvalue weighted by Gasteiger charge is 2.70. The zero-order valence-corrected chi connectivity index (χ0v) is 25.9. The second kappa shape index (κ2) is 10.2. The molecular formula is C37H37N3O5. The Kier molecular flexibility index (Phi) is 6.55. The smallest absolute Gasteiger partial charge is 0.260 e. The number of allylic oxidation sites excluding steroid dienone is 2. The SMILES string of the molecule is Cc1ccc(NN2C(=O)[C@@H]3C[C@@H]4C(=CC[C@@H]5C(=O)N(C(C)(C)C)C(=O)[C@@H]54)[C@H](c4ccccc4O)[C@]3(c3ccccc3)C2=O)cc1. The molecule has 0 unspecified atom stereocenters. The number of imide groups is 2. The summed E-state index contributed by atoms with van der Waals surface area (Å²) < 4.78 is 0. The number of fused-ring (bicyclic) bond motifs is 4. The standard InChI is InChI=1S/C37H37N3O5/c1-21-14-16-23(17-15-21)38-40-33(43)28-20-27-24(18-19-26-30(27)34(44)39(32(26)42)36(2,3)4)31(25-12-8-9-13-29(25)41)37(28,35(40)45)22-10-6-5-7-11-22/h5-18,26-28,30-31,38,41H,19-20H2,1-4H3/t26-,27+,28-,30-,31+,37+/m0/s1. The van der Waals surface area contributed by atoms with Crippen molar-refractivity contribution in [3.8, 4) is 5.75 Å². The Morgan fingerprint density at radius 2 is 1.49 bits per heavy atom. The van der Waals surface area contributed by atoms with Crippen molar-refractivity contribution >= 4 is 29.3 Å². The van der Waals surface area contributed by atoms with Crippen molar-refractivity contribution in [1.29, 1.82) is 0 Å². The minimum absolute atomic E-state index is 0.00978. The molecule has 2 N–H and O–H groups in total. The first-order valence-electron chi connectivity index (χ1n) is 15.6. The van der Waals surface area contributed by atoms with Crippen molar-refractivity contribution in [1.82, 2.24) is 9.91 Å². The van der Waals surface area contributed by atoms with Gasteiger partial charge in [-0.3, -0.25) is 29.5 Å². The van der Waals surface area contributed by atoms with E-state index in [-0.39, 0.29) is 24.0 Å². The van der Waals surface area contributed by atoms with Crippen LogP contribution in [0.15, 0.2) is 90.5 Å². The fourth-order valence-corrected chi connectivity index (χ4v) is 8.48. The molecule has 6 atom stereocenters. The Hall–Kier alpha value is -4.72. The van der Waals surface area contributed by atoms with E-state index in [1.807, 2.05) is 94.4 Å². The second-order valence-corrected chi connectivity index (χ2v) is 13.8. The van der Waals surface area contributed by atoms with Crippen LogP contribution in [-0.4, -0.2) is 44.2 Å². The van der Waals surface area contributed by atoms with Crippen molar-refractivity contribution in [2.24, 2.45) is 23.7 Å². The van der Waals surface area contributed by atoms with Crippen LogP contribution in [-0.2, 0) is 24.6 Å². The van der Waals surface area contributed by atoms with E-state index in [1.54, 1.807) is 18.2 Å². The van der Waals surface area contributed by atoms with E-state index < -0.39 is 52.4 Å². The summed E-state index contributed by atoms with van der Waals surface area (Å²) in [5.74, 6) is -4.48. The number of amides is 4. The Bertz CT molecular complexity index is 1760. The van der Waals surface area contributed by atoms with Crippen LogP contribution in [0.3, 0.4) is 0 Å². The van der Waals surface area contributed by atoms with Gasteiger partial charge in [0, 0.05) is 17.0 Å². The Labute approximate surface area is 262 Å². The third-order valence-corrected chi connectivity index (χ3v) is 10.3. The van der Waals surface area contributed by atoms with Crippen LogP contribution < -0.4 is 5.43 Å². The number of phenolic OH excluding ortho intramolecular Hbond substituents is 1. The number of hydrogen-bond acceptors (Lipinski definition) is 6. The number of phenols is 1.